The Kier molecular flexibility index (Phi) is 7.54. The molecule has 3 N–H and O–H groups in total. The Hall–Kier alpha value is -3.95. The number of aryl methyl sites for hydroxylation is 1. The maximum atomic E-state index is 13.9. The molecular formula is C30H35N3O6. The number of ether oxygens (including phenoxy) is 4. The molecule has 0 aromatic heterocycles. The van der Waals surface area contributed by atoms with Crippen LogP contribution in [0.4, 0.5) is 0 Å². The molecule has 3 aromatic carbocycles. The third-order valence-corrected chi connectivity index (χ3v) is 7.76. The van der Waals surface area contributed by atoms with Gasteiger partial charge in [-0.3, -0.25) is 4.79 Å². The predicted molar refractivity (Wildman–Crippen MR) is 146 cm³/mol. The standard InChI is InChI=1S/C30H35N3O6/c1-17-6-11-22(34)21(14-17)26-25-27(32-31-26)30(35)33(13-12-18-7-9-20(36-2)10-8-18)28(25)19-15-23(37-3)29(39-5)24(16-19)38-4/h6-11,14-16,25-28,31-32,34H,12-13H2,1-5H3. The number of nitrogens with zero attached hydrogens (tertiary/aromatic N) is 1. The van der Waals surface area contributed by atoms with Gasteiger partial charge in [0.25, 0.3) is 0 Å². The second-order valence-electron chi connectivity index (χ2n) is 9.92. The van der Waals surface area contributed by atoms with Crippen molar-refractivity contribution in [3.05, 3.63) is 76.9 Å². The van der Waals surface area contributed by atoms with Crippen molar-refractivity contribution in [1.29, 1.82) is 0 Å². The van der Waals surface area contributed by atoms with E-state index in [9.17, 15) is 9.90 Å². The Labute approximate surface area is 228 Å². The van der Waals surface area contributed by atoms with Crippen molar-refractivity contribution in [2.75, 3.05) is 35.0 Å². The number of phenols is 1. The number of methoxy groups -OCH3 is 4. The van der Waals surface area contributed by atoms with Crippen LogP contribution >= 0.6 is 0 Å². The fraction of sp³-hybridized carbons (Fsp3) is 0.367. The molecule has 0 bridgehead atoms. The van der Waals surface area contributed by atoms with E-state index in [-0.39, 0.29) is 29.7 Å². The van der Waals surface area contributed by atoms with Gasteiger partial charge in [-0.1, -0.05) is 29.8 Å². The lowest BCUT2D eigenvalue weighted by molar-refractivity contribution is -0.130. The summed E-state index contributed by atoms with van der Waals surface area (Å²) in [7, 11) is 6.37. The molecular weight excluding hydrogens is 498 g/mol. The maximum Gasteiger partial charge on any atom is 0.242 e. The van der Waals surface area contributed by atoms with Gasteiger partial charge in [-0.05, 0) is 54.8 Å². The molecule has 0 saturated carbocycles. The highest BCUT2D eigenvalue weighted by atomic mass is 16.5. The second-order valence-corrected chi connectivity index (χ2v) is 9.92. The van der Waals surface area contributed by atoms with Crippen LogP contribution in [0.5, 0.6) is 28.7 Å². The third-order valence-electron chi connectivity index (χ3n) is 7.76. The molecule has 2 fully saturated rings. The summed E-state index contributed by atoms with van der Waals surface area (Å²) in [6.07, 6.45) is 0.671. The fourth-order valence-electron chi connectivity index (χ4n) is 5.85. The number of fused-ring (bicyclic) bond motifs is 1. The zero-order valence-electron chi connectivity index (χ0n) is 22.9. The minimum atomic E-state index is -0.477. The van der Waals surface area contributed by atoms with Crippen LogP contribution in [0, 0.1) is 12.8 Å². The molecule has 4 atom stereocenters. The molecule has 4 unspecified atom stereocenters. The Morgan fingerprint density at radius 3 is 2.13 bits per heavy atom. The smallest absolute Gasteiger partial charge is 0.242 e. The van der Waals surface area contributed by atoms with E-state index in [4.69, 9.17) is 18.9 Å². The lowest BCUT2D eigenvalue weighted by Crippen LogP contribution is -2.42. The van der Waals surface area contributed by atoms with Crippen LogP contribution in [0.15, 0.2) is 54.6 Å². The minimum Gasteiger partial charge on any atom is -0.508 e. The second kappa shape index (κ2) is 11.0. The van der Waals surface area contributed by atoms with Gasteiger partial charge in [0.05, 0.1) is 40.5 Å². The number of carbonyl (C=O) groups is 1. The van der Waals surface area contributed by atoms with Gasteiger partial charge in [0.1, 0.15) is 17.5 Å². The Bertz CT molecular complexity index is 1320. The Morgan fingerprint density at radius 2 is 1.51 bits per heavy atom. The van der Waals surface area contributed by atoms with Crippen molar-refractivity contribution >= 4 is 5.91 Å². The maximum absolute atomic E-state index is 13.9. The third kappa shape index (κ3) is 4.84. The molecule has 9 heteroatoms. The van der Waals surface area contributed by atoms with Gasteiger partial charge in [0.15, 0.2) is 11.5 Å². The molecule has 0 spiro atoms. The SMILES string of the molecule is COc1ccc(CCN2C(=O)C3NNC(c4cc(C)ccc4O)C3C2c2cc(OC)c(OC)c(OC)c2)cc1. The number of nitrogens with one attached hydrogen (secondary N) is 2. The van der Waals surface area contributed by atoms with E-state index >= 15 is 0 Å². The summed E-state index contributed by atoms with van der Waals surface area (Å²) >= 11 is 0. The van der Waals surface area contributed by atoms with Crippen LogP contribution in [0.1, 0.15) is 34.3 Å². The molecule has 2 saturated heterocycles. The van der Waals surface area contributed by atoms with Crippen molar-refractivity contribution in [3.8, 4) is 28.7 Å². The first-order valence-corrected chi connectivity index (χ1v) is 12.9. The molecule has 1 amide bonds. The monoisotopic (exact) mass is 533 g/mol. The number of hydrogen-bond donors (Lipinski definition) is 3. The number of hydrogen-bond acceptors (Lipinski definition) is 8. The van der Waals surface area contributed by atoms with E-state index < -0.39 is 6.04 Å². The lowest BCUT2D eigenvalue weighted by atomic mass is 9.82. The summed E-state index contributed by atoms with van der Waals surface area (Å²) in [6.45, 7) is 2.49. The number of phenolic OH excluding ortho intramolecular Hbond substituents is 1. The number of amides is 1. The summed E-state index contributed by atoms with van der Waals surface area (Å²) in [5.41, 5.74) is 10.3. The molecule has 0 radical (unpaired) electrons. The average molecular weight is 534 g/mol. The molecule has 9 nitrogen and oxygen atoms in total. The van der Waals surface area contributed by atoms with Crippen LogP contribution in [-0.4, -0.2) is 56.9 Å². The van der Waals surface area contributed by atoms with Crippen LogP contribution in [0.3, 0.4) is 0 Å². The first kappa shape index (κ1) is 26.6. The molecule has 5 rings (SSSR count). The topological polar surface area (TPSA) is 102 Å². The molecule has 2 aliphatic heterocycles. The van der Waals surface area contributed by atoms with Gasteiger partial charge < -0.3 is 29.0 Å². The minimum absolute atomic E-state index is 0.00518. The zero-order valence-corrected chi connectivity index (χ0v) is 22.9. The molecule has 206 valence electrons. The highest BCUT2D eigenvalue weighted by Gasteiger charge is 2.56. The normalized spacial score (nSPS) is 22.1. The van der Waals surface area contributed by atoms with Gasteiger partial charge in [-0.15, -0.1) is 0 Å². The number of aromatic hydroxyl groups is 1. The lowest BCUT2D eigenvalue weighted by Gasteiger charge is -2.32. The van der Waals surface area contributed by atoms with Gasteiger partial charge in [0, 0.05) is 18.0 Å². The van der Waals surface area contributed by atoms with Gasteiger partial charge in [-0.2, -0.15) is 0 Å². The largest absolute Gasteiger partial charge is 0.508 e. The van der Waals surface area contributed by atoms with Gasteiger partial charge in [0.2, 0.25) is 11.7 Å². The first-order chi connectivity index (χ1) is 18.9. The summed E-state index contributed by atoms with van der Waals surface area (Å²) in [5, 5.41) is 10.8. The number of benzene rings is 3. The molecule has 39 heavy (non-hydrogen) atoms. The highest BCUT2D eigenvalue weighted by Crippen LogP contribution is 2.51. The number of carbonyl (C=O) groups excluding carboxylic acids is 1. The summed E-state index contributed by atoms with van der Waals surface area (Å²) < 4.78 is 22.2. The number of hydrazine groups is 1. The van der Waals surface area contributed by atoms with Crippen LogP contribution in [-0.2, 0) is 11.2 Å². The number of likely N-dealkylation sites (tertiary alicyclic amines) is 1. The summed E-state index contributed by atoms with van der Waals surface area (Å²) in [4.78, 5) is 15.8. The fourth-order valence-corrected chi connectivity index (χ4v) is 5.85. The van der Waals surface area contributed by atoms with Crippen molar-refractivity contribution in [2.24, 2.45) is 5.92 Å². The summed E-state index contributed by atoms with van der Waals surface area (Å²) in [5.74, 6) is 2.28. The van der Waals surface area contributed by atoms with E-state index in [0.717, 1.165) is 28.0 Å². The molecule has 2 heterocycles. The predicted octanol–water partition coefficient (Wildman–Crippen LogP) is 3.69. The highest BCUT2D eigenvalue weighted by molar-refractivity contribution is 5.86. The van der Waals surface area contributed by atoms with Crippen molar-refractivity contribution in [1.82, 2.24) is 15.8 Å². The number of rotatable bonds is 9. The van der Waals surface area contributed by atoms with Crippen LogP contribution in [0.2, 0.25) is 0 Å². The molecule has 0 aliphatic carbocycles. The van der Waals surface area contributed by atoms with E-state index in [2.05, 4.69) is 10.9 Å². The van der Waals surface area contributed by atoms with E-state index in [1.807, 2.05) is 60.4 Å². The van der Waals surface area contributed by atoms with Gasteiger partial charge >= 0.3 is 0 Å². The van der Waals surface area contributed by atoms with Crippen molar-refractivity contribution < 1.29 is 28.8 Å². The van der Waals surface area contributed by atoms with Crippen LogP contribution in [0.25, 0.3) is 0 Å². The van der Waals surface area contributed by atoms with Crippen LogP contribution < -0.4 is 29.8 Å². The summed E-state index contributed by atoms with van der Waals surface area (Å²) in [6, 6.07) is 16.1. The van der Waals surface area contributed by atoms with E-state index in [0.29, 0.717) is 30.2 Å². The molecule has 2 aliphatic rings. The average Bonchev–Trinajstić information content (AvgIpc) is 3.50. The quantitative estimate of drug-likeness (QED) is 0.383. The van der Waals surface area contributed by atoms with Gasteiger partial charge in [-0.25, -0.2) is 10.9 Å². The van der Waals surface area contributed by atoms with E-state index in [1.54, 1.807) is 34.5 Å². The zero-order chi connectivity index (χ0) is 27.7. The van der Waals surface area contributed by atoms with Crippen molar-refractivity contribution in [2.45, 2.75) is 31.5 Å². The Morgan fingerprint density at radius 1 is 0.846 bits per heavy atom. The molecule has 3 aromatic rings. The van der Waals surface area contributed by atoms with Crippen molar-refractivity contribution in [3.63, 3.8) is 0 Å². The first-order valence-electron chi connectivity index (χ1n) is 12.9. The Balaban J connectivity index is 1.58. The van der Waals surface area contributed by atoms with E-state index in [1.165, 1.54) is 0 Å².